The molecule has 0 aliphatic heterocycles. The first kappa shape index (κ1) is 27.9. The van der Waals surface area contributed by atoms with Gasteiger partial charge in [0, 0.05) is 22.5 Å². The molecule has 4 aromatic rings. The minimum atomic E-state index is -4.53. The Morgan fingerprint density at radius 2 is 1.59 bits per heavy atom. The zero-order chi connectivity index (χ0) is 28.8. The quantitative estimate of drug-likeness (QED) is 0.206. The van der Waals surface area contributed by atoms with Crippen molar-refractivity contribution in [2.45, 2.75) is 57.7 Å². The summed E-state index contributed by atoms with van der Waals surface area (Å²) in [5, 5.41) is 20.2. The molecule has 1 atom stereocenters. The Morgan fingerprint density at radius 3 is 2.21 bits per heavy atom. The highest BCUT2D eigenvalue weighted by Gasteiger charge is 2.36. The van der Waals surface area contributed by atoms with Crippen LogP contribution in [0.4, 0.5) is 13.2 Å². The summed E-state index contributed by atoms with van der Waals surface area (Å²) in [7, 11) is 0. The third-order valence-electron chi connectivity index (χ3n) is 7.40. The van der Waals surface area contributed by atoms with Crippen molar-refractivity contribution in [3.63, 3.8) is 0 Å². The third kappa shape index (κ3) is 5.26. The number of alkyl halides is 3. The summed E-state index contributed by atoms with van der Waals surface area (Å²) in [5.41, 5.74) is 0.361. The lowest BCUT2D eigenvalue weighted by Gasteiger charge is -2.34. The number of aromatic hydroxyl groups is 1. The Balaban J connectivity index is 1.95. The van der Waals surface area contributed by atoms with Crippen LogP contribution in [-0.4, -0.2) is 32.2 Å². The van der Waals surface area contributed by atoms with E-state index in [4.69, 9.17) is 4.74 Å². The second-order valence-electron chi connectivity index (χ2n) is 10.6. The smallest absolute Gasteiger partial charge is 0.416 e. The number of carbonyl (C=O) groups is 1. The summed E-state index contributed by atoms with van der Waals surface area (Å²) in [6.07, 6.45) is -4.03. The lowest BCUT2D eigenvalue weighted by Crippen LogP contribution is -2.35. The maximum Gasteiger partial charge on any atom is 0.416 e. The van der Waals surface area contributed by atoms with Gasteiger partial charge < -0.3 is 9.84 Å². The van der Waals surface area contributed by atoms with Crippen molar-refractivity contribution in [3.8, 4) is 11.4 Å². The van der Waals surface area contributed by atoms with E-state index in [9.17, 15) is 23.1 Å². The Kier molecular flexibility index (Phi) is 7.06. The number of hydrogen-bond acceptors (Lipinski definition) is 5. The molecule has 1 unspecified atom stereocenters. The number of halogens is 3. The predicted molar refractivity (Wildman–Crippen MR) is 143 cm³/mol. The van der Waals surface area contributed by atoms with Crippen LogP contribution in [-0.2, 0) is 26.5 Å². The van der Waals surface area contributed by atoms with Crippen LogP contribution in [0, 0.1) is 0 Å². The van der Waals surface area contributed by atoms with Crippen LogP contribution >= 0.6 is 0 Å². The van der Waals surface area contributed by atoms with Crippen molar-refractivity contribution in [1.29, 1.82) is 0 Å². The SMILES string of the molecule is C=CC(=O)OC(C)C(C)(C)c1cc(-n2nc3ccc(C(F)(F)F)cc3n2)c(O)c(C(C)(C)c2ccccc2)c1. The van der Waals surface area contributed by atoms with E-state index in [2.05, 4.69) is 16.8 Å². The van der Waals surface area contributed by atoms with Gasteiger partial charge in [-0.05, 0) is 42.3 Å². The van der Waals surface area contributed by atoms with Crippen molar-refractivity contribution in [3.05, 3.63) is 95.6 Å². The summed E-state index contributed by atoms with van der Waals surface area (Å²) in [5.74, 6) is -0.685. The Bertz CT molecular complexity index is 1540. The van der Waals surface area contributed by atoms with Crippen molar-refractivity contribution < 1.29 is 27.8 Å². The number of carbonyl (C=O) groups excluding carboxylic acids is 1. The number of phenolic OH excluding ortho intramolecular Hbond substituents is 1. The molecule has 0 fully saturated rings. The maximum atomic E-state index is 13.3. The fourth-order valence-electron chi connectivity index (χ4n) is 4.43. The molecule has 1 heterocycles. The Labute approximate surface area is 224 Å². The fraction of sp³-hybridized carbons (Fsp3) is 0.300. The van der Waals surface area contributed by atoms with Crippen LogP contribution < -0.4 is 0 Å². The van der Waals surface area contributed by atoms with Gasteiger partial charge in [0.05, 0.1) is 5.56 Å². The van der Waals surface area contributed by atoms with Crippen molar-refractivity contribution in [1.82, 2.24) is 15.0 Å². The molecule has 204 valence electrons. The summed E-state index contributed by atoms with van der Waals surface area (Å²) in [4.78, 5) is 13.1. The first-order chi connectivity index (χ1) is 18.2. The number of hydrogen-bond donors (Lipinski definition) is 1. The van der Waals surface area contributed by atoms with E-state index in [1.807, 2.05) is 64.1 Å². The van der Waals surface area contributed by atoms with Crippen LogP contribution in [0.1, 0.15) is 56.9 Å². The zero-order valence-corrected chi connectivity index (χ0v) is 22.4. The number of esters is 1. The number of ether oxygens (including phenoxy) is 1. The monoisotopic (exact) mass is 537 g/mol. The number of aromatic nitrogens is 3. The lowest BCUT2D eigenvalue weighted by molar-refractivity contribution is -0.145. The van der Waals surface area contributed by atoms with Crippen molar-refractivity contribution >= 4 is 17.0 Å². The molecule has 6 nitrogen and oxygen atoms in total. The number of benzene rings is 3. The van der Waals surface area contributed by atoms with Gasteiger partial charge in [0.2, 0.25) is 0 Å². The molecule has 0 saturated carbocycles. The number of fused-ring (bicyclic) bond motifs is 1. The molecule has 4 rings (SSSR count). The van der Waals surface area contributed by atoms with Crippen LogP contribution in [0.25, 0.3) is 16.7 Å². The van der Waals surface area contributed by atoms with Gasteiger partial charge in [0.15, 0.2) is 0 Å². The molecule has 0 radical (unpaired) electrons. The molecule has 0 aliphatic rings. The van der Waals surface area contributed by atoms with E-state index in [0.29, 0.717) is 11.1 Å². The predicted octanol–water partition coefficient (Wildman–Crippen LogP) is 6.87. The molecule has 0 saturated heterocycles. The summed E-state index contributed by atoms with van der Waals surface area (Å²) >= 11 is 0. The average Bonchev–Trinajstić information content (AvgIpc) is 3.31. The summed E-state index contributed by atoms with van der Waals surface area (Å²) in [6.45, 7) is 12.9. The molecule has 39 heavy (non-hydrogen) atoms. The minimum absolute atomic E-state index is 0.0334. The average molecular weight is 538 g/mol. The fourth-order valence-corrected chi connectivity index (χ4v) is 4.43. The molecule has 9 heteroatoms. The molecular formula is C30H30F3N3O3. The second kappa shape index (κ2) is 9.87. The normalized spacial score (nSPS) is 13.3. The molecule has 0 bridgehead atoms. The molecule has 0 aliphatic carbocycles. The summed E-state index contributed by atoms with van der Waals surface area (Å²) in [6, 6.07) is 16.2. The highest BCUT2D eigenvalue weighted by molar-refractivity contribution is 5.81. The number of phenols is 1. The van der Waals surface area contributed by atoms with Gasteiger partial charge in [-0.1, -0.05) is 70.7 Å². The van der Waals surface area contributed by atoms with Crippen LogP contribution in [0.15, 0.2) is 73.3 Å². The molecule has 0 amide bonds. The topological polar surface area (TPSA) is 77.2 Å². The zero-order valence-electron chi connectivity index (χ0n) is 22.4. The van der Waals surface area contributed by atoms with Crippen LogP contribution in [0.3, 0.4) is 0 Å². The van der Waals surface area contributed by atoms with E-state index < -0.39 is 34.6 Å². The van der Waals surface area contributed by atoms with Crippen LogP contribution in [0.2, 0.25) is 0 Å². The molecule has 0 spiro atoms. The maximum absolute atomic E-state index is 13.3. The van der Waals surface area contributed by atoms with Crippen LogP contribution in [0.5, 0.6) is 5.75 Å². The van der Waals surface area contributed by atoms with E-state index in [-0.39, 0.29) is 22.5 Å². The Hall–Kier alpha value is -4.14. The Morgan fingerprint density at radius 1 is 0.949 bits per heavy atom. The van der Waals surface area contributed by atoms with Gasteiger partial charge in [0.25, 0.3) is 0 Å². The standard InChI is InChI=1S/C30H30F3N3O3/c1-7-26(37)39-18(2)28(3,4)21-15-22(29(5,6)19-11-9-8-10-12-19)27(38)25(17-21)36-34-23-14-13-20(30(31,32)33)16-24(23)35-36/h7-18,38H,1H2,2-6H3. The molecule has 1 N–H and O–H groups in total. The molecule has 1 aromatic heterocycles. The highest BCUT2D eigenvalue weighted by atomic mass is 19.4. The number of nitrogens with zero attached hydrogens (tertiary/aromatic N) is 3. The lowest BCUT2D eigenvalue weighted by atomic mass is 9.73. The van der Waals surface area contributed by atoms with Crippen molar-refractivity contribution in [2.75, 3.05) is 0 Å². The van der Waals surface area contributed by atoms with E-state index in [0.717, 1.165) is 28.6 Å². The van der Waals surface area contributed by atoms with Gasteiger partial charge in [-0.3, -0.25) is 0 Å². The summed E-state index contributed by atoms with van der Waals surface area (Å²) < 4.78 is 45.4. The molecular weight excluding hydrogens is 507 g/mol. The van der Waals surface area contributed by atoms with Gasteiger partial charge in [-0.15, -0.1) is 15.0 Å². The highest BCUT2D eigenvalue weighted by Crippen LogP contribution is 2.43. The molecule has 3 aromatic carbocycles. The van der Waals surface area contributed by atoms with Gasteiger partial charge in [-0.25, -0.2) is 4.79 Å². The van der Waals surface area contributed by atoms with E-state index in [1.54, 1.807) is 13.0 Å². The number of rotatable bonds is 7. The van der Waals surface area contributed by atoms with E-state index >= 15 is 0 Å². The largest absolute Gasteiger partial charge is 0.505 e. The first-order valence-electron chi connectivity index (χ1n) is 12.4. The second-order valence-corrected chi connectivity index (χ2v) is 10.6. The van der Waals surface area contributed by atoms with Gasteiger partial charge in [0.1, 0.15) is 28.6 Å². The van der Waals surface area contributed by atoms with Gasteiger partial charge in [-0.2, -0.15) is 13.2 Å². The first-order valence-corrected chi connectivity index (χ1v) is 12.4. The van der Waals surface area contributed by atoms with Gasteiger partial charge >= 0.3 is 12.1 Å². The van der Waals surface area contributed by atoms with Crippen molar-refractivity contribution in [2.24, 2.45) is 0 Å². The minimum Gasteiger partial charge on any atom is -0.505 e. The third-order valence-corrected chi connectivity index (χ3v) is 7.40. The van der Waals surface area contributed by atoms with E-state index in [1.165, 1.54) is 6.07 Å².